The highest BCUT2D eigenvalue weighted by Gasteiger charge is 2.13. The molecule has 0 spiro atoms. The number of hydrogen-bond acceptors (Lipinski definition) is 2. The summed E-state index contributed by atoms with van der Waals surface area (Å²) in [6.45, 7) is 3.99. The minimum Gasteiger partial charge on any atom is -0.336 e. The third-order valence-corrected chi connectivity index (χ3v) is 3.77. The number of aryl methyl sites for hydroxylation is 2. The molecule has 26 heavy (non-hydrogen) atoms. The van der Waals surface area contributed by atoms with Gasteiger partial charge in [0, 0.05) is 11.4 Å². The number of aliphatic imine (C=N–C) groups is 1. The van der Waals surface area contributed by atoms with Gasteiger partial charge in [-0.25, -0.2) is 4.99 Å². The van der Waals surface area contributed by atoms with Crippen molar-refractivity contribution >= 4 is 28.8 Å². The van der Waals surface area contributed by atoms with E-state index in [1.165, 1.54) is 0 Å². The summed E-state index contributed by atoms with van der Waals surface area (Å²) in [6.07, 6.45) is 0. The second-order valence-electron chi connectivity index (χ2n) is 6.11. The van der Waals surface area contributed by atoms with Crippen LogP contribution < -0.4 is 10.6 Å². The van der Waals surface area contributed by atoms with Crippen LogP contribution in [0.4, 0.5) is 17.1 Å². The molecule has 2 N–H and O–H groups in total. The molecule has 0 saturated carbocycles. The van der Waals surface area contributed by atoms with Crippen molar-refractivity contribution in [1.82, 2.24) is 0 Å². The molecule has 4 heteroatoms. The number of benzene rings is 3. The summed E-state index contributed by atoms with van der Waals surface area (Å²) in [7, 11) is 0. The predicted octanol–water partition coefficient (Wildman–Crippen LogP) is 5.08. The Kier molecular flexibility index (Phi) is 5.44. The number of nitrogens with zero attached hydrogens (tertiary/aromatic N) is 1. The van der Waals surface area contributed by atoms with Crippen LogP contribution in [0, 0.1) is 13.8 Å². The van der Waals surface area contributed by atoms with Gasteiger partial charge in [0.2, 0.25) is 0 Å². The maximum atomic E-state index is 12.8. The van der Waals surface area contributed by atoms with Gasteiger partial charge >= 0.3 is 0 Å². The molecule has 130 valence electrons. The predicted molar refractivity (Wildman–Crippen MR) is 108 cm³/mol. The Labute approximate surface area is 153 Å². The number of anilines is 2. The Morgan fingerprint density at radius 1 is 0.731 bits per heavy atom. The number of hydrogen-bond donors (Lipinski definition) is 2. The van der Waals surface area contributed by atoms with E-state index in [0.717, 1.165) is 22.5 Å². The van der Waals surface area contributed by atoms with Gasteiger partial charge in [-0.15, -0.1) is 0 Å². The number of amidine groups is 1. The van der Waals surface area contributed by atoms with E-state index >= 15 is 0 Å². The van der Waals surface area contributed by atoms with Crippen LogP contribution in [-0.2, 0) is 4.79 Å². The van der Waals surface area contributed by atoms with Crippen LogP contribution in [-0.4, -0.2) is 11.7 Å². The second kappa shape index (κ2) is 8.12. The maximum absolute atomic E-state index is 12.8. The molecule has 0 unspecified atom stereocenters. The molecule has 0 fully saturated rings. The fraction of sp³-hybridized carbons (Fsp3) is 0.0909. The number of amides is 1. The first-order valence-corrected chi connectivity index (χ1v) is 8.45. The molecule has 0 aromatic heterocycles. The maximum Gasteiger partial charge on any atom is 0.291 e. The summed E-state index contributed by atoms with van der Waals surface area (Å²) < 4.78 is 0. The minimum atomic E-state index is -0.291. The number of para-hydroxylation sites is 1. The molecule has 1 amide bonds. The first kappa shape index (κ1) is 17.4. The number of nitrogens with one attached hydrogen (secondary N) is 2. The van der Waals surface area contributed by atoms with Gasteiger partial charge in [-0.05, 0) is 61.4 Å². The molecule has 0 saturated heterocycles. The van der Waals surface area contributed by atoms with E-state index in [9.17, 15) is 4.79 Å². The molecule has 0 aliphatic rings. The molecule has 4 nitrogen and oxygen atoms in total. The lowest BCUT2D eigenvalue weighted by Crippen LogP contribution is -2.29. The highest BCUT2D eigenvalue weighted by atomic mass is 16.2. The van der Waals surface area contributed by atoms with Crippen molar-refractivity contribution in [2.45, 2.75) is 13.8 Å². The Bertz CT molecular complexity index is 933. The third-order valence-electron chi connectivity index (χ3n) is 3.77. The van der Waals surface area contributed by atoms with Crippen molar-refractivity contribution in [3.05, 3.63) is 90.0 Å². The van der Waals surface area contributed by atoms with Crippen LogP contribution in [0.5, 0.6) is 0 Å². The smallest absolute Gasteiger partial charge is 0.291 e. The van der Waals surface area contributed by atoms with Gasteiger partial charge in [0.05, 0.1) is 5.69 Å². The molecular formula is C22H21N3O. The van der Waals surface area contributed by atoms with Crippen molar-refractivity contribution in [2.75, 3.05) is 10.6 Å². The summed E-state index contributed by atoms with van der Waals surface area (Å²) in [4.78, 5) is 17.3. The van der Waals surface area contributed by atoms with E-state index in [4.69, 9.17) is 0 Å². The average molecular weight is 343 g/mol. The SMILES string of the molecule is Cc1cccc(NC(=O)C(=Nc2ccccc2)Nc2cccc(C)c2)c1. The highest BCUT2D eigenvalue weighted by molar-refractivity contribution is 6.46. The molecule has 0 heterocycles. The van der Waals surface area contributed by atoms with Gasteiger partial charge in [0.15, 0.2) is 5.84 Å². The zero-order chi connectivity index (χ0) is 18.4. The van der Waals surface area contributed by atoms with Crippen LogP contribution in [0.15, 0.2) is 83.9 Å². The van der Waals surface area contributed by atoms with Gasteiger partial charge in [-0.3, -0.25) is 4.79 Å². The van der Waals surface area contributed by atoms with E-state index in [1.54, 1.807) is 0 Å². The van der Waals surface area contributed by atoms with Crippen LogP contribution in [0.3, 0.4) is 0 Å². The van der Waals surface area contributed by atoms with Crippen molar-refractivity contribution < 1.29 is 4.79 Å². The fourth-order valence-electron chi connectivity index (χ4n) is 2.54. The lowest BCUT2D eigenvalue weighted by Gasteiger charge is -2.12. The Balaban J connectivity index is 1.89. The number of carbonyl (C=O) groups is 1. The quantitative estimate of drug-likeness (QED) is 0.514. The molecule has 3 aromatic carbocycles. The Morgan fingerprint density at radius 3 is 1.88 bits per heavy atom. The lowest BCUT2D eigenvalue weighted by molar-refractivity contribution is -0.110. The molecule has 0 aliphatic heterocycles. The van der Waals surface area contributed by atoms with Crippen molar-refractivity contribution in [3.63, 3.8) is 0 Å². The summed E-state index contributed by atoms with van der Waals surface area (Å²) in [6, 6.07) is 24.9. The molecule has 0 bridgehead atoms. The number of rotatable bonds is 3. The van der Waals surface area contributed by atoms with E-state index in [-0.39, 0.29) is 11.7 Å². The van der Waals surface area contributed by atoms with Crippen molar-refractivity contribution in [2.24, 2.45) is 4.99 Å². The van der Waals surface area contributed by atoms with E-state index < -0.39 is 0 Å². The molecule has 0 radical (unpaired) electrons. The van der Waals surface area contributed by atoms with Crippen LogP contribution >= 0.6 is 0 Å². The first-order valence-electron chi connectivity index (χ1n) is 8.45. The van der Waals surface area contributed by atoms with Crippen LogP contribution in [0.1, 0.15) is 11.1 Å². The van der Waals surface area contributed by atoms with Gasteiger partial charge in [0.1, 0.15) is 0 Å². The minimum absolute atomic E-state index is 0.239. The molecule has 3 aromatic rings. The van der Waals surface area contributed by atoms with E-state index in [1.807, 2.05) is 92.7 Å². The zero-order valence-electron chi connectivity index (χ0n) is 14.9. The second-order valence-corrected chi connectivity index (χ2v) is 6.11. The normalized spacial score (nSPS) is 11.1. The molecular weight excluding hydrogens is 322 g/mol. The average Bonchev–Trinajstić information content (AvgIpc) is 2.62. The zero-order valence-corrected chi connectivity index (χ0v) is 14.9. The largest absolute Gasteiger partial charge is 0.336 e. The van der Waals surface area contributed by atoms with E-state index in [2.05, 4.69) is 15.6 Å². The summed E-state index contributed by atoms with van der Waals surface area (Å²) in [5.41, 5.74) is 4.45. The summed E-state index contributed by atoms with van der Waals surface area (Å²) in [5, 5.41) is 6.05. The number of carbonyl (C=O) groups excluding carboxylic acids is 1. The monoisotopic (exact) mass is 343 g/mol. The summed E-state index contributed by atoms with van der Waals surface area (Å²) in [5.74, 6) is -0.0516. The molecule has 0 atom stereocenters. The van der Waals surface area contributed by atoms with Crippen molar-refractivity contribution in [3.8, 4) is 0 Å². The highest BCUT2D eigenvalue weighted by Crippen LogP contribution is 2.15. The van der Waals surface area contributed by atoms with Gasteiger partial charge in [-0.1, -0.05) is 42.5 Å². The Hall–Kier alpha value is -3.40. The molecule has 3 rings (SSSR count). The van der Waals surface area contributed by atoms with E-state index in [0.29, 0.717) is 5.69 Å². The molecule has 0 aliphatic carbocycles. The fourth-order valence-corrected chi connectivity index (χ4v) is 2.54. The summed E-state index contributed by atoms with van der Waals surface area (Å²) >= 11 is 0. The lowest BCUT2D eigenvalue weighted by atomic mass is 10.2. The Morgan fingerprint density at radius 2 is 1.31 bits per heavy atom. The first-order chi connectivity index (χ1) is 12.6. The van der Waals surface area contributed by atoms with Gasteiger partial charge < -0.3 is 10.6 Å². The van der Waals surface area contributed by atoms with Crippen LogP contribution in [0.25, 0.3) is 0 Å². The third kappa shape index (κ3) is 4.80. The topological polar surface area (TPSA) is 53.5 Å². The van der Waals surface area contributed by atoms with Crippen molar-refractivity contribution in [1.29, 1.82) is 0 Å². The van der Waals surface area contributed by atoms with Crippen LogP contribution in [0.2, 0.25) is 0 Å². The van der Waals surface area contributed by atoms with Gasteiger partial charge in [-0.2, -0.15) is 0 Å². The standard InChI is InChI=1S/C22H21N3O/c1-16-8-6-12-19(14-16)24-21(23-18-10-4-3-5-11-18)22(26)25-20-13-7-9-17(2)15-20/h3-15H,1-2H3,(H,23,24)(H,25,26). The van der Waals surface area contributed by atoms with Gasteiger partial charge in [0.25, 0.3) is 5.91 Å².